The molecule has 0 saturated carbocycles. The molecular formula is C20H16ClNO2. The summed E-state index contributed by atoms with van der Waals surface area (Å²) < 4.78 is 5.19. The minimum Gasteiger partial charge on any atom is -0.497 e. The van der Waals surface area contributed by atoms with Crippen molar-refractivity contribution in [2.75, 3.05) is 12.0 Å². The van der Waals surface area contributed by atoms with Crippen molar-refractivity contribution in [2.45, 2.75) is 0 Å². The second-order valence-corrected chi connectivity index (χ2v) is 5.56. The number of rotatable bonds is 4. The van der Waals surface area contributed by atoms with Gasteiger partial charge in [-0.25, -0.2) is 0 Å². The molecule has 0 radical (unpaired) electrons. The first kappa shape index (κ1) is 16.1. The van der Waals surface area contributed by atoms with Crippen molar-refractivity contribution in [3.05, 3.63) is 89.4 Å². The highest BCUT2D eigenvalue weighted by atomic mass is 35.5. The zero-order chi connectivity index (χ0) is 16.9. The van der Waals surface area contributed by atoms with Gasteiger partial charge in [0.2, 0.25) is 0 Å². The van der Waals surface area contributed by atoms with Crippen molar-refractivity contribution in [1.82, 2.24) is 0 Å². The van der Waals surface area contributed by atoms with Gasteiger partial charge in [0.25, 0.3) is 5.91 Å². The molecule has 0 bridgehead atoms. The van der Waals surface area contributed by atoms with Crippen LogP contribution in [0.2, 0.25) is 5.02 Å². The zero-order valence-electron chi connectivity index (χ0n) is 13.1. The lowest BCUT2D eigenvalue weighted by atomic mass is 10.1. The third-order valence-corrected chi connectivity index (χ3v) is 3.97. The van der Waals surface area contributed by atoms with Crippen molar-refractivity contribution in [3.63, 3.8) is 0 Å². The van der Waals surface area contributed by atoms with Gasteiger partial charge < -0.3 is 4.74 Å². The van der Waals surface area contributed by atoms with Crippen LogP contribution in [0, 0.1) is 0 Å². The van der Waals surface area contributed by atoms with Gasteiger partial charge in [-0.15, -0.1) is 0 Å². The van der Waals surface area contributed by atoms with Gasteiger partial charge >= 0.3 is 0 Å². The molecule has 0 aliphatic carbocycles. The van der Waals surface area contributed by atoms with Crippen molar-refractivity contribution < 1.29 is 9.53 Å². The molecule has 0 unspecified atom stereocenters. The number of carbonyl (C=O) groups excluding carboxylic acids is 1. The predicted molar refractivity (Wildman–Crippen MR) is 97.4 cm³/mol. The van der Waals surface area contributed by atoms with Crippen LogP contribution in [0.4, 0.5) is 11.4 Å². The summed E-state index contributed by atoms with van der Waals surface area (Å²) in [6.45, 7) is 0. The second-order valence-electron chi connectivity index (χ2n) is 5.16. The number of hydrogen-bond donors (Lipinski definition) is 0. The highest BCUT2D eigenvalue weighted by Crippen LogP contribution is 2.34. The normalized spacial score (nSPS) is 10.2. The minimum absolute atomic E-state index is 0.145. The lowest BCUT2D eigenvalue weighted by Crippen LogP contribution is -2.26. The van der Waals surface area contributed by atoms with E-state index >= 15 is 0 Å². The minimum atomic E-state index is -0.145. The fourth-order valence-electron chi connectivity index (χ4n) is 2.44. The van der Waals surface area contributed by atoms with Crippen LogP contribution in [0.1, 0.15) is 10.4 Å². The number of para-hydroxylation sites is 1. The lowest BCUT2D eigenvalue weighted by molar-refractivity contribution is 0.0999. The van der Waals surface area contributed by atoms with E-state index in [1.807, 2.05) is 60.7 Å². The van der Waals surface area contributed by atoms with Crippen molar-refractivity contribution >= 4 is 28.9 Å². The van der Waals surface area contributed by atoms with Crippen molar-refractivity contribution in [2.24, 2.45) is 0 Å². The Kier molecular flexibility index (Phi) is 4.82. The topological polar surface area (TPSA) is 29.5 Å². The van der Waals surface area contributed by atoms with Gasteiger partial charge in [-0.3, -0.25) is 9.69 Å². The Hall–Kier alpha value is -2.78. The summed E-state index contributed by atoms with van der Waals surface area (Å²) in [5.41, 5.74) is 1.95. The van der Waals surface area contributed by atoms with Gasteiger partial charge in [0.1, 0.15) is 5.75 Å². The van der Waals surface area contributed by atoms with Crippen LogP contribution in [0.3, 0.4) is 0 Å². The fraction of sp³-hybridized carbons (Fsp3) is 0.0500. The Morgan fingerprint density at radius 2 is 1.50 bits per heavy atom. The molecule has 0 aliphatic heterocycles. The molecule has 0 aliphatic rings. The summed E-state index contributed by atoms with van der Waals surface area (Å²) in [6, 6.07) is 23.7. The van der Waals surface area contributed by atoms with Gasteiger partial charge in [-0.1, -0.05) is 41.9 Å². The zero-order valence-corrected chi connectivity index (χ0v) is 13.9. The maximum Gasteiger partial charge on any atom is 0.262 e. The molecule has 3 aromatic carbocycles. The third-order valence-electron chi connectivity index (χ3n) is 3.65. The van der Waals surface area contributed by atoms with Crippen LogP contribution >= 0.6 is 11.6 Å². The van der Waals surface area contributed by atoms with E-state index in [1.54, 1.807) is 30.2 Å². The van der Waals surface area contributed by atoms with Crippen LogP contribution in [-0.4, -0.2) is 13.0 Å². The average Bonchev–Trinajstić information content (AvgIpc) is 2.64. The number of benzene rings is 3. The standard InChI is InChI=1S/C20H16ClNO2/c1-24-17-13-11-16(12-14-17)22(19-10-6-5-9-18(19)21)20(23)15-7-3-2-4-8-15/h2-14H,1H3. The molecule has 0 aromatic heterocycles. The summed E-state index contributed by atoms with van der Waals surface area (Å²) in [4.78, 5) is 14.7. The first-order valence-electron chi connectivity index (χ1n) is 7.49. The number of methoxy groups -OCH3 is 1. The first-order chi connectivity index (χ1) is 11.7. The summed E-state index contributed by atoms with van der Waals surface area (Å²) in [5.74, 6) is 0.582. The van der Waals surface area contributed by atoms with Gasteiger partial charge in [-0.2, -0.15) is 0 Å². The molecule has 120 valence electrons. The number of halogens is 1. The SMILES string of the molecule is COc1ccc(N(C(=O)c2ccccc2)c2ccccc2Cl)cc1. The van der Waals surface area contributed by atoms with E-state index in [1.165, 1.54) is 0 Å². The Morgan fingerprint density at radius 1 is 0.875 bits per heavy atom. The first-order valence-corrected chi connectivity index (χ1v) is 7.86. The molecule has 0 heterocycles. The predicted octanol–water partition coefficient (Wildman–Crippen LogP) is 5.33. The smallest absolute Gasteiger partial charge is 0.262 e. The van der Waals surface area contributed by atoms with Crippen molar-refractivity contribution in [3.8, 4) is 5.75 Å². The van der Waals surface area contributed by atoms with Gasteiger partial charge in [0, 0.05) is 11.3 Å². The Bertz CT molecular complexity index is 832. The van der Waals surface area contributed by atoms with E-state index in [9.17, 15) is 4.79 Å². The molecule has 0 fully saturated rings. The molecule has 1 amide bonds. The number of amides is 1. The molecule has 3 nitrogen and oxygen atoms in total. The molecular weight excluding hydrogens is 322 g/mol. The largest absolute Gasteiger partial charge is 0.497 e. The maximum absolute atomic E-state index is 13.1. The van der Waals surface area contributed by atoms with Crippen LogP contribution < -0.4 is 9.64 Å². The van der Waals surface area contributed by atoms with E-state index in [4.69, 9.17) is 16.3 Å². The Labute approximate surface area is 146 Å². The highest BCUT2D eigenvalue weighted by molar-refractivity contribution is 6.34. The van der Waals surface area contributed by atoms with E-state index in [2.05, 4.69) is 0 Å². The quantitative estimate of drug-likeness (QED) is 0.644. The number of carbonyl (C=O) groups is 1. The Balaban J connectivity index is 2.10. The molecule has 3 rings (SSSR count). The highest BCUT2D eigenvalue weighted by Gasteiger charge is 2.21. The molecule has 24 heavy (non-hydrogen) atoms. The van der Waals surface area contributed by atoms with Crippen LogP contribution in [0.5, 0.6) is 5.75 Å². The molecule has 3 aromatic rings. The summed E-state index contributed by atoms with van der Waals surface area (Å²) >= 11 is 6.34. The molecule has 0 N–H and O–H groups in total. The number of nitrogens with zero attached hydrogens (tertiary/aromatic N) is 1. The third kappa shape index (κ3) is 3.26. The monoisotopic (exact) mass is 337 g/mol. The van der Waals surface area contributed by atoms with Crippen LogP contribution in [0.25, 0.3) is 0 Å². The van der Waals surface area contributed by atoms with Crippen LogP contribution in [-0.2, 0) is 0 Å². The van der Waals surface area contributed by atoms with E-state index < -0.39 is 0 Å². The maximum atomic E-state index is 13.1. The van der Waals surface area contributed by atoms with Gasteiger partial charge in [0.15, 0.2) is 0 Å². The molecule has 4 heteroatoms. The van der Waals surface area contributed by atoms with E-state index in [0.29, 0.717) is 16.3 Å². The lowest BCUT2D eigenvalue weighted by Gasteiger charge is -2.24. The number of ether oxygens (including phenoxy) is 1. The summed E-state index contributed by atoms with van der Waals surface area (Å²) in [6.07, 6.45) is 0. The molecule has 0 spiro atoms. The second kappa shape index (κ2) is 7.20. The number of anilines is 2. The number of hydrogen-bond acceptors (Lipinski definition) is 2. The fourth-order valence-corrected chi connectivity index (χ4v) is 2.66. The van der Waals surface area contributed by atoms with Crippen molar-refractivity contribution in [1.29, 1.82) is 0 Å². The van der Waals surface area contributed by atoms with Gasteiger partial charge in [-0.05, 0) is 48.5 Å². The van der Waals surface area contributed by atoms with Gasteiger partial charge in [0.05, 0.1) is 17.8 Å². The summed E-state index contributed by atoms with van der Waals surface area (Å²) in [5, 5.41) is 0.512. The van der Waals surface area contributed by atoms with E-state index in [-0.39, 0.29) is 5.91 Å². The van der Waals surface area contributed by atoms with E-state index in [0.717, 1.165) is 11.4 Å². The average molecular weight is 338 g/mol. The molecule has 0 saturated heterocycles. The van der Waals surface area contributed by atoms with Crippen LogP contribution in [0.15, 0.2) is 78.9 Å². The molecule has 0 atom stereocenters. The summed E-state index contributed by atoms with van der Waals surface area (Å²) in [7, 11) is 1.61. The Morgan fingerprint density at radius 3 is 2.12 bits per heavy atom.